The molecular formula is C14H27NO3. The summed E-state index contributed by atoms with van der Waals surface area (Å²) in [6.07, 6.45) is 5.71. The molecule has 0 aromatic rings. The highest BCUT2D eigenvalue weighted by Gasteiger charge is 2.32. The minimum absolute atomic E-state index is 0.0540. The second kappa shape index (κ2) is 7.74. The van der Waals surface area contributed by atoms with Gasteiger partial charge in [-0.2, -0.15) is 0 Å². The number of ether oxygens (including phenoxy) is 1. The maximum absolute atomic E-state index is 11.8. The van der Waals surface area contributed by atoms with Gasteiger partial charge in [-0.3, -0.25) is 4.79 Å². The Morgan fingerprint density at radius 2 is 2.28 bits per heavy atom. The second-order valence-electron chi connectivity index (χ2n) is 5.42. The number of hydrogen-bond donors (Lipinski definition) is 2. The van der Waals surface area contributed by atoms with E-state index >= 15 is 0 Å². The topological polar surface area (TPSA) is 58.6 Å². The van der Waals surface area contributed by atoms with Gasteiger partial charge >= 0.3 is 0 Å². The lowest BCUT2D eigenvalue weighted by Crippen LogP contribution is -2.43. The Hall–Kier alpha value is -0.610. The van der Waals surface area contributed by atoms with Crippen molar-refractivity contribution >= 4 is 5.91 Å². The van der Waals surface area contributed by atoms with Gasteiger partial charge in [0.05, 0.1) is 6.61 Å². The quantitative estimate of drug-likeness (QED) is 0.698. The zero-order valence-corrected chi connectivity index (χ0v) is 11.7. The van der Waals surface area contributed by atoms with Gasteiger partial charge in [0, 0.05) is 26.0 Å². The molecule has 1 saturated heterocycles. The van der Waals surface area contributed by atoms with Crippen LogP contribution >= 0.6 is 0 Å². The molecule has 106 valence electrons. The minimum Gasteiger partial charge on any atom is -0.386 e. The van der Waals surface area contributed by atoms with E-state index in [-0.39, 0.29) is 5.91 Å². The van der Waals surface area contributed by atoms with Crippen LogP contribution in [0.3, 0.4) is 0 Å². The highest BCUT2D eigenvalue weighted by atomic mass is 16.5. The van der Waals surface area contributed by atoms with E-state index in [0.717, 1.165) is 12.8 Å². The fourth-order valence-corrected chi connectivity index (χ4v) is 2.28. The molecule has 0 radical (unpaired) electrons. The molecule has 0 aliphatic carbocycles. The van der Waals surface area contributed by atoms with E-state index in [2.05, 4.69) is 19.2 Å². The van der Waals surface area contributed by atoms with E-state index in [9.17, 15) is 9.90 Å². The van der Waals surface area contributed by atoms with Crippen LogP contribution in [-0.2, 0) is 9.53 Å². The van der Waals surface area contributed by atoms with Crippen molar-refractivity contribution < 1.29 is 14.6 Å². The molecule has 1 rings (SSSR count). The Bertz CT molecular complexity index is 249. The smallest absolute Gasteiger partial charge is 0.220 e. The average Bonchev–Trinajstić information content (AvgIpc) is 2.79. The number of hydrogen-bond acceptors (Lipinski definition) is 3. The van der Waals surface area contributed by atoms with Gasteiger partial charge in [0.1, 0.15) is 5.60 Å². The summed E-state index contributed by atoms with van der Waals surface area (Å²) in [5.41, 5.74) is -0.846. The molecule has 1 fully saturated rings. The molecule has 1 heterocycles. The first-order chi connectivity index (χ1) is 8.59. The van der Waals surface area contributed by atoms with E-state index in [1.165, 1.54) is 12.8 Å². The fraction of sp³-hybridized carbons (Fsp3) is 0.929. The van der Waals surface area contributed by atoms with Crippen LogP contribution in [0.15, 0.2) is 0 Å². The molecule has 2 N–H and O–H groups in total. The van der Waals surface area contributed by atoms with Crippen molar-refractivity contribution in [3.8, 4) is 0 Å². The molecular weight excluding hydrogens is 230 g/mol. The monoisotopic (exact) mass is 257 g/mol. The number of nitrogens with one attached hydrogen (secondary N) is 1. The molecule has 4 nitrogen and oxygen atoms in total. The first-order valence-corrected chi connectivity index (χ1v) is 7.16. The average molecular weight is 257 g/mol. The molecule has 0 aromatic carbocycles. The molecule has 1 aliphatic rings. The lowest BCUT2D eigenvalue weighted by molar-refractivity contribution is -0.123. The van der Waals surface area contributed by atoms with E-state index in [1.807, 2.05) is 0 Å². The zero-order chi connectivity index (χ0) is 13.4. The van der Waals surface area contributed by atoms with Gasteiger partial charge in [0.15, 0.2) is 0 Å². The van der Waals surface area contributed by atoms with E-state index in [4.69, 9.17) is 4.74 Å². The van der Waals surface area contributed by atoms with Gasteiger partial charge in [0.2, 0.25) is 5.91 Å². The van der Waals surface area contributed by atoms with Crippen molar-refractivity contribution in [1.82, 2.24) is 5.32 Å². The van der Waals surface area contributed by atoms with Crippen LogP contribution in [0.4, 0.5) is 0 Å². The van der Waals surface area contributed by atoms with E-state index in [0.29, 0.717) is 38.5 Å². The van der Waals surface area contributed by atoms with Gasteiger partial charge in [0.25, 0.3) is 0 Å². The first-order valence-electron chi connectivity index (χ1n) is 7.16. The maximum atomic E-state index is 11.8. The van der Waals surface area contributed by atoms with E-state index < -0.39 is 5.60 Å². The highest BCUT2D eigenvalue weighted by Crippen LogP contribution is 2.18. The molecule has 0 spiro atoms. The van der Waals surface area contributed by atoms with Gasteiger partial charge in [-0.05, 0) is 12.3 Å². The third kappa shape index (κ3) is 5.36. The van der Waals surface area contributed by atoms with Gasteiger partial charge in [-0.15, -0.1) is 0 Å². The number of aliphatic hydroxyl groups is 1. The lowest BCUT2D eigenvalue weighted by Gasteiger charge is -2.21. The van der Waals surface area contributed by atoms with Crippen molar-refractivity contribution in [2.24, 2.45) is 5.92 Å². The minimum atomic E-state index is -0.846. The summed E-state index contributed by atoms with van der Waals surface area (Å²) in [6.45, 7) is 5.53. The van der Waals surface area contributed by atoms with Crippen LogP contribution in [0.2, 0.25) is 0 Å². The highest BCUT2D eigenvalue weighted by molar-refractivity contribution is 5.76. The number of rotatable bonds is 8. The predicted molar refractivity (Wildman–Crippen MR) is 71.3 cm³/mol. The molecule has 1 amide bonds. The third-order valence-electron chi connectivity index (χ3n) is 3.71. The largest absolute Gasteiger partial charge is 0.386 e. The van der Waals surface area contributed by atoms with Crippen LogP contribution in [0.1, 0.15) is 52.4 Å². The predicted octanol–water partition coefficient (Wildman–Crippen LogP) is 1.86. The summed E-state index contributed by atoms with van der Waals surface area (Å²) in [5, 5.41) is 12.9. The fourth-order valence-electron chi connectivity index (χ4n) is 2.28. The lowest BCUT2D eigenvalue weighted by atomic mass is 9.95. The SMILES string of the molecule is CCCC[C@@H](CC)CC(=O)NC[C@]1(O)CCOC1. The summed E-state index contributed by atoms with van der Waals surface area (Å²) < 4.78 is 5.15. The summed E-state index contributed by atoms with van der Waals surface area (Å²) in [4.78, 5) is 11.8. The molecule has 2 atom stereocenters. The van der Waals surface area contributed by atoms with Gasteiger partial charge < -0.3 is 15.2 Å². The van der Waals surface area contributed by atoms with Gasteiger partial charge in [-0.25, -0.2) is 0 Å². The summed E-state index contributed by atoms with van der Waals surface area (Å²) in [7, 11) is 0. The van der Waals surface area contributed by atoms with Crippen molar-refractivity contribution in [2.75, 3.05) is 19.8 Å². The first kappa shape index (κ1) is 15.4. The number of carbonyl (C=O) groups excluding carboxylic acids is 1. The van der Waals surface area contributed by atoms with Crippen LogP contribution in [0.5, 0.6) is 0 Å². The maximum Gasteiger partial charge on any atom is 0.220 e. The Morgan fingerprint density at radius 1 is 1.50 bits per heavy atom. The summed E-state index contributed by atoms with van der Waals surface area (Å²) >= 11 is 0. The third-order valence-corrected chi connectivity index (χ3v) is 3.71. The number of carbonyl (C=O) groups is 1. The summed E-state index contributed by atoms with van der Waals surface area (Å²) in [6, 6.07) is 0. The van der Waals surface area contributed by atoms with Crippen molar-refractivity contribution in [1.29, 1.82) is 0 Å². The molecule has 4 heteroatoms. The van der Waals surface area contributed by atoms with Crippen molar-refractivity contribution in [2.45, 2.75) is 58.0 Å². The summed E-state index contributed by atoms with van der Waals surface area (Å²) in [5.74, 6) is 0.526. The van der Waals surface area contributed by atoms with Crippen LogP contribution < -0.4 is 5.32 Å². The Kier molecular flexibility index (Phi) is 6.65. The zero-order valence-electron chi connectivity index (χ0n) is 11.7. The van der Waals surface area contributed by atoms with E-state index in [1.54, 1.807) is 0 Å². The number of unbranched alkanes of at least 4 members (excludes halogenated alkanes) is 1. The molecule has 0 saturated carbocycles. The van der Waals surface area contributed by atoms with Gasteiger partial charge in [-0.1, -0.05) is 33.1 Å². The normalized spacial score (nSPS) is 25.1. The van der Waals surface area contributed by atoms with Crippen LogP contribution in [0.25, 0.3) is 0 Å². The van der Waals surface area contributed by atoms with Crippen molar-refractivity contribution in [3.05, 3.63) is 0 Å². The second-order valence-corrected chi connectivity index (χ2v) is 5.42. The molecule has 0 aromatic heterocycles. The van der Waals surface area contributed by atoms with Crippen LogP contribution in [-0.4, -0.2) is 36.4 Å². The molecule has 0 unspecified atom stereocenters. The van der Waals surface area contributed by atoms with Crippen LogP contribution in [0, 0.1) is 5.92 Å². The Balaban J connectivity index is 2.23. The standard InChI is InChI=1S/C14H27NO3/c1-3-5-6-12(4-2)9-13(16)15-10-14(17)7-8-18-11-14/h12,17H,3-11H2,1-2H3,(H,15,16)/t12-,14-/m1/s1. The molecule has 18 heavy (non-hydrogen) atoms. The Morgan fingerprint density at radius 3 is 2.83 bits per heavy atom. The van der Waals surface area contributed by atoms with Crippen molar-refractivity contribution in [3.63, 3.8) is 0 Å². The Labute approximate surface area is 110 Å². The number of amides is 1. The molecule has 1 aliphatic heterocycles. The molecule has 0 bridgehead atoms.